The van der Waals surface area contributed by atoms with Crippen LogP contribution < -0.4 is 5.73 Å². The topological polar surface area (TPSA) is 69.2 Å². The van der Waals surface area contributed by atoms with E-state index in [-0.39, 0.29) is 5.56 Å². The van der Waals surface area contributed by atoms with E-state index in [1.807, 2.05) is 0 Å². The summed E-state index contributed by atoms with van der Waals surface area (Å²) in [5.41, 5.74) is 3.38. The number of nitrogens with two attached hydrogens (primary N) is 1. The van der Waals surface area contributed by atoms with E-state index in [1.165, 1.54) is 6.92 Å². The highest BCUT2D eigenvalue weighted by Gasteiger charge is 2.36. The van der Waals surface area contributed by atoms with Gasteiger partial charge in [-0.1, -0.05) is 11.6 Å². The van der Waals surface area contributed by atoms with Gasteiger partial charge >= 0.3 is 6.18 Å². The average molecular weight is 269 g/mol. The lowest BCUT2D eigenvalue weighted by atomic mass is 10.0. The SMILES string of the molecule is C[C@@H](N)c1cc([N+](=O)[O-])cc(C(F)(F)F)c1Cl. The van der Waals surface area contributed by atoms with Crippen LogP contribution in [0.25, 0.3) is 0 Å². The summed E-state index contributed by atoms with van der Waals surface area (Å²) >= 11 is 5.54. The molecule has 1 aromatic carbocycles. The molecular weight excluding hydrogens is 261 g/mol. The van der Waals surface area contributed by atoms with E-state index in [9.17, 15) is 23.3 Å². The van der Waals surface area contributed by atoms with Crippen molar-refractivity contribution in [3.8, 4) is 0 Å². The number of nitrogens with zero attached hydrogens (tertiary/aromatic N) is 1. The normalized spacial score (nSPS) is 13.5. The summed E-state index contributed by atoms with van der Waals surface area (Å²) in [5.74, 6) is 0. The third-order valence-corrected chi connectivity index (χ3v) is 2.51. The van der Waals surface area contributed by atoms with Crippen LogP contribution >= 0.6 is 11.6 Å². The highest BCUT2D eigenvalue weighted by atomic mass is 35.5. The van der Waals surface area contributed by atoms with Gasteiger partial charge in [0.25, 0.3) is 5.69 Å². The fraction of sp³-hybridized carbons (Fsp3) is 0.333. The van der Waals surface area contributed by atoms with Crippen LogP contribution in [-0.2, 0) is 6.18 Å². The highest BCUT2D eigenvalue weighted by Crippen LogP contribution is 2.40. The van der Waals surface area contributed by atoms with Crippen LogP contribution in [0, 0.1) is 10.1 Å². The van der Waals surface area contributed by atoms with Gasteiger partial charge in [0.15, 0.2) is 0 Å². The molecule has 1 rings (SSSR count). The van der Waals surface area contributed by atoms with E-state index in [2.05, 4.69) is 0 Å². The summed E-state index contributed by atoms with van der Waals surface area (Å²) in [6.45, 7) is 1.39. The van der Waals surface area contributed by atoms with Crippen molar-refractivity contribution in [2.75, 3.05) is 0 Å². The van der Waals surface area contributed by atoms with Crippen LogP contribution in [0.4, 0.5) is 18.9 Å². The number of benzene rings is 1. The van der Waals surface area contributed by atoms with Gasteiger partial charge in [-0.05, 0) is 12.5 Å². The molecule has 4 nitrogen and oxygen atoms in total. The standard InChI is InChI=1S/C9H8ClF3N2O2/c1-4(14)6-2-5(15(16)17)3-7(8(6)10)9(11,12)13/h2-4H,14H2,1H3/t4-/m1/s1. The number of nitro benzene ring substituents is 1. The van der Waals surface area contributed by atoms with E-state index in [1.54, 1.807) is 0 Å². The van der Waals surface area contributed by atoms with Crippen molar-refractivity contribution >= 4 is 17.3 Å². The van der Waals surface area contributed by atoms with Gasteiger partial charge in [0.1, 0.15) is 0 Å². The summed E-state index contributed by atoms with van der Waals surface area (Å²) in [5, 5.41) is 9.92. The molecule has 8 heteroatoms. The van der Waals surface area contributed by atoms with Crippen molar-refractivity contribution in [1.82, 2.24) is 0 Å². The Morgan fingerprint density at radius 1 is 1.47 bits per heavy atom. The first-order valence-electron chi connectivity index (χ1n) is 4.45. The maximum Gasteiger partial charge on any atom is 0.418 e. The predicted molar refractivity (Wildman–Crippen MR) is 55.7 cm³/mol. The van der Waals surface area contributed by atoms with E-state index in [0.717, 1.165) is 6.07 Å². The minimum Gasteiger partial charge on any atom is -0.324 e. The Morgan fingerprint density at radius 3 is 2.35 bits per heavy atom. The second-order valence-electron chi connectivity index (χ2n) is 3.44. The van der Waals surface area contributed by atoms with E-state index in [0.29, 0.717) is 6.07 Å². The first-order valence-corrected chi connectivity index (χ1v) is 4.83. The fourth-order valence-corrected chi connectivity index (χ4v) is 1.66. The molecule has 0 aromatic heterocycles. The predicted octanol–water partition coefficient (Wildman–Crippen LogP) is 3.29. The number of non-ortho nitro benzene ring substituents is 1. The lowest BCUT2D eigenvalue weighted by Gasteiger charge is -2.14. The van der Waals surface area contributed by atoms with Gasteiger partial charge in [-0.15, -0.1) is 0 Å². The Kier molecular flexibility index (Phi) is 3.63. The van der Waals surface area contributed by atoms with Gasteiger partial charge in [-0.25, -0.2) is 0 Å². The second-order valence-corrected chi connectivity index (χ2v) is 3.82. The fourth-order valence-electron chi connectivity index (χ4n) is 1.27. The lowest BCUT2D eigenvalue weighted by molar-refractivity contribution is -0.385. The Balaban J connectivity index is 3.55. The molecule has 2 N–H and O–H groups in total. The Bertz CT molecular complexity index is 460. The third-order valence-electron chi connectivity index (χ3n) is 2.09. The molecule has 0 amide bonds. The number of nitro groups is 1. The number of rotatable bonds is 2. The van der Waals surface area contributed by atoms with Gasteiger partial charge in [-0.3, -0.25) is 10.1 Å². The molecule has 17 heavy (non-hydrogen) atoms. The van der Waals surface area contributed by atoms with Gasteiger partial charge in [-0.2, -0.15) is 13.2 Å². The molecule has 0 saturated heterocycles. The third kappa shape index (κ3) is 2.86. The van der Waals surface area contributed by atoms with Crippen LogP contribution in [0.15, 0.2) is 12.1 Å². The van der Waals surface area contributed by atoms with Crippen LogP contribution in [0.1, 0.15) is 24.1 Å². The molecule has 0 spiro atoms. The Morgan fingerprint density at radius 2 is 2.00 bits per heavy atom. The van der Waals surface area contributed by atoms with Gasteiger partial charge < -0.3 is 5.73 Å². The van der Waals surface area contributed by atoms with Crippen LogP contribution in [0.3, 0.4) is 0 Å². The van der Waals surface area contributed by atoms with E-state index >= 15 is 0 Å². The first kappa shape index (κ1) is 13.7. The summed E-state index contributed by atoms with van der Waals surface area (Å²) < 4.78 is 37.8. The van der Waals surface area contributed by atoms with Gasteiger partial charge in [0.2, 0.25) is 0 Å². The molecule has 1 aromatic rings. The minimum atomic E-state index is -4.76. The highest BCUT2D eigenvalue weighted by molar-refractivity contribution is 6.32. The number of hydrogen-bond acceptors (Lipinski definition) is 3. The van der Waals surface area contributed by atoms with E-state index < -0.39 is 33.4 Å². The molecule has 0 aliphatic carbocycles. The minimum absolute atomic E-state index is 0.104. The molecule has 0 bridgehead atoms. The molecule has 0 heterocycles. The number of alkyl halides is 3. The summed E-state index contributed by atoms with van der Waals surface area (Å²) in [7, 11) is 0. The zero-order valence-electron chi connectivity index (χ0n) is 8.58. The maximum absolute atomic E-state index is 12.6. The Labute approximate surface area is 99.3 Å². The van der Waals surface area contributed by atoms with Gasteiger partial charge in [0.05, 0.1) is 15.5 Å². The molecule has 1 atom stereocenters. The van der Waals surface area contributed by atoms with Crippen LogP contribution in [-0.4, -0.2) is 4.92 Å². The maximum atomic E-state index is 12.6. The molecule has 0 radical (unpaired) electrons. The summed E-state index contributed by atoms with van der Waals surface area (Å²) in [6.07, 6.45) is -4.76. The molecule has 0 aliphatic heterocycles. The largest absolute Gasteiger partial charge is 0.418 e. The molecule has 0 fully saturated rings. The van der Waals surface area contributed by atoms with Crippen molar-refractivity contribution < 1.29 is 18.1 Å². The quantitative estimate of drug-likeness (QED) is 0.661. The zero-order valence-corrected chi connectivity index (χ0v) is 9.34. The van der Waals surface area contributed by atoms with Crippen molar-refractivity contribution in [1.29, 1.82) is 0 Å². The Hall–Kier alpha value is -1.34. The van der Waals surface area contributed by atoms with Crippen molar-refractivity contribution in [2.45, 2.75) is 19.1 Å². The molecular formula is C9H8ClF3N2O2. The molecule has 0 saturated carbocycles. The summed E-state index contributed by atoms with van der Waals surface area (Å²) in [6, 6.07) is 0.514. The van der Waals surface area contributed by atoms with Crippen molar-refractivity contribution in [3.05, 3.63) is 38.4 Å². The van der Waals surface area contributed by atoms with Crippen LogP contribution in [0.2, 0.25) is 5.02 Å². The van der Waals surface area contributed by atoms with Gasteiger partial charge in [0, 0.05) is 18.2 Å². The first-order chi connectivity index (χ1) is 7.64. The number of hydrogen-bond donors (Lipinski definition) is 1. The molecule has 0 unspecified atom stereocenters. The smallest absolute Gasteiger partial charge is 0.324 e. The molecule has 0 aliphatic rings. The van der Waals surface area contributed by atoms with E-state index in [4.69, 9.17) is 17.3 Å². The summed E-state index contributed by atoms with van der Waals surface area (Å²) in [4.78, 5) is 9.60. The monoisotopic (exact) mass is 268 g/mol. The van der Waals surface area contributed by atoms with Crippen molar-refractivity contribution in [2.24, 2.45) is 5.73 Å². The lowest BCUT2D eigenvalue weighted by Crippen LogP contribution is -2.12. The molecule has 94 valence electrons. The average Bonchev–Trinajstić information content (AvgIpc) is 2.15. The van der Waals surface area contributed by atoms with Crippen LogP contribution in [0.5, 0.6) is 0 Å². The van der Waals surface area contributed by atoms with Crippen molar-refractivity contribution in [3.63, 3.8) is 0 Å². The number of halogens is 4. The zero-order chi connectivity index (χ0) is 13.4. The second kappa shape index (κ2) is 4.50.